The smallest absolute Gasteiger partial charge is 0.254 e. The molecule has 0 N–H and O–H groups in total. The lowest BCUT2D eigenvalue weighted by Crippen LogP contribution is -2.38. The Morgan fingerprint density at radius 2 is 1.79 bits per heavy atom. The summed E-state index contributed by atoms with van der Waals surface area (Å²) in [4.78, 5) is 14.1. The predicted octanol–water partition coefficient (Wildman–Crippen LogP) is 2.84. The molecule has 24 heavy (non-hydrogen) atoms. The van der Waals surface area contributed by atoms with Crippen molar-refractivity contribution in [1.82, 2.24) is 19.7 Å². The van der Waals surface area contributed by atoms with Gasteiger partial charge in [-0.05, 0) is 31.2 Å². The summed E-state index contributed by atoms with van der Waals surface area (Å²) in [5.74, 6) is -0.664. The van der Waals surface area contributed by atoms with E-state index in [1.807, 2.05) is 17.9 Å². The van der Waals surface area contributed by atoms with Crippen LogP contribution >= 0.6 is 11.8 Å². The zero-order valence-electron chi connectivity index (χ0n) is 13.5. The Morgan fingerprint density at radius 3 is 2.33 bits per heavy atom. The van der Waals surface area contributed by atoms with Crippen molar-refractivity contribution in [3.63, 3.8) is 0 Å². The van der Waals surface area contributed by atoms with E-state index in [1.165, 1.54) is 11.8 Å². The van der Waals surface area contributed by atoms with Crippen LogP contribution in [-0.2, 0) is 7.05 Å². The van der Waals surface area contributed by atoms with Crippen molar-refractivity contribution >= 4 is 17.7 Å². The van der Waals surface area contributed by atoms with Crippen LogP contribution in [-0.4, -0.2) is 44.9 Å². The molecular weight excluding hydrogens is 334 g/mol. The van der Waals surface area contributed by atoms with Gasteiger partial charge in [-0.3, -0.25) is 4.79 Å². The van der Waals surface area contributed by atoms with E-state index in [1.54, 1.807) is 4.90 Å². The first-order chi connectivity index (χ1) is 11.5. The van der Waals surface area contributed by atoms with Gasteiger partial charge in [0, 0.05) is 37.7 Å². The highest BCUT2D eigenvalue weighted by Gasteiger charge is 2.28. The Bertz CT molecular complexity index is 736. The van der Waals surface area contributed by atoms with Gasteiger partial charge in [-0.2, -0.15) is 0 Å². The van der Waals surface area contributed by atoms with Crippen molar-refractivity contribution in [1.29, 1.82) is 0 Å². The van der Waals surface area contributed by atoms with Crippen LogP contribution in [0.2, 0.25) is 0 Å². The van der Waals surface area contributed by atoms with Crippen molar-refractivity contribution in [2.24, 2.45) is 7.05 Å². The van der Waals surface area contributed by atoms with Crippen LogP contribution < -0.4 is 0 Å². The van der Waals surface area contributed by atoms with Crippen LogP contribution in [0.15, 0.2) is 23.4 Å². The molecule has 1 aliphatic heterocycles. The standard InChI is InChI=1S/C16H18F2N4OS/c1-21-14(19-20-16(21)24-2)10-3-5-22(6-4-10)15(23)11-7-12(17)9-13(18)8-11/h7-10H,3-6H2,1-2H3. The average Bonchev–Trinajstić information content (AvgIpc) is 2.94. The third kappa shape index (κ3) is 3.28. The molecular formula is C16H18F2N4OS. The van der Waals surface area contributed by atoms with Gasteiger partial charge >= 0.3 is 0 Å². The van der Waals surface area contributed by atoms with Crippen molar-refractivity contribution in [2.75, 3.05) is 19.3 Å². The fourth-order valence-corrected chi connectivity index (χ4v) is 3.55. The Balaban J connectivity index is 1.68. The molecule has 2 heterocycles. The van der Waals surface area contributed by atoms with Gasteiger partial charge in [0.15, 0.2) is 5.16 Å². The second-order valence-electron chi connectivity index (χ2n) is 5.83. The highest BCUT2D eigenvalue weighted by molar-refractivity contribution is 7.98. The van der Waals surface area contributed by atoms with E-state index in [9.17, 15) is 13.6 Å². The molecule has 2 aromatic rings. The monoisotopic (exact) mass is 352 g/mol. The van der Waals surface area contributed by atoms with Gasteiger partial charge in [0.1, 0.15) is 17.5 Å². The normalized spacial score (nSPS) is 15.8. The summed E-state index contributed by atoms with van der Waals surface area (Å²) in [5, 5.41) is 9.25. The summed E-state index contributed by atoms with van der Waals surface area (Å²) in [7, 11) is 1.94. The molecule has 0 bridgehead atoms. The molecule has 1 fully saturated rings. The van der Waals surface area contributed by atoms with Gasteiger partial charge in [-0.15, -0.1) is 10.2 Å². The van der Waals surface area contributed by atoms with E-state index >= 15 is 0 Å². The van der Waals surface area contributed by atoms with Crippen LogP contribution in [0, 0.1) is 11.6 Å². The third-order valence-corrected chi connectivity index (χ3v) is 5.03. The van der Waals surface area contributed by atoms with E-state index in [-0.39, 0.29) is 17.4 Å². The number of nitrogens with zero attached hydrogens (tertiary/aromatic N) is 4. The molecule has 8 heteroatoms. The lowest BCUT2D eigenvalue weighted by molar-refractivity contribution is 0.0709. The lowest BCUT2D eigenvalue weighted by atomic mass is 9.95. The first-order valence-electron chi connectivity index (χ1n) is 7.68. The number of thioether (sulfide) groups is 1. The van der Waals surface area contributed by atoms with Crippen LogP contribution in [0.1, 0.15) is 34.9 Å². The number of rotatable bonds is 3. The zero-order valence-corrected chi connectivity index (χ0v) is 14.3. The molecule has 0 spiro atoms. The number of likely N-dealkylation sites (tertiary alicyclic amines) is 1. The number of aromatic nitrogens is 3. The van der Waals surface area contributed by atoms with Gasteiger partial charge < -0.3 is 9.47 Å². The highest BCUT2D eigenvalue weighted by atomic mass is 32.2. The summed E-state index contributed by atoms with van der Waals surface area (Å²) >= 11 is 1.54. The number of carbonyl (C=O) groups excluding carboxylic acids is 1. The molecule has 128 valence electrons. The van der Waals surface area contributed by atoms with Crippen LogP contribution in [0.4, 0.5) is 8.78 Å². The maximum absolute atomic E-state index is 13.3. The lowest BCUT2D eigenvalue weighted by Gasteiger charge is -2.31. The summed E-state index contributed by atoms with van der Waals surface area (Å²) in [6, 6.07) is 2.91. The molecule has 0 saturated carbocycles. The second kappa shape index (κ2) is 6.88. The largest absolute Gasteiger partial charge is 0.339 e. The van der Waals surface area contributed by atoms with E-state index in [4.69, 9.17) is 0 Å². The van der Waals surface area contributed by atoms with Gasteiger partial charge in [-0.1, -0.05) is 11.8 Å². The molecule has 1 aliphatic rings. The minimum atomic E-state index is -0.739. The zero-order chi connectivity index (χ0) is 17.3. The van der Waals surface area contributed by atoms with E-state index in [0.29, 0.717) is 13.1 Å². The van der Waals surface area contributed by atoms with Crippen LogP contribution in [0.3, 0.4) is 0 Å². The van der Waals surface area contributed by atoms with Crippen molar-refractivity contribution in [3.05, 3.63) is 41.2 Å². The van der Waals surface area contributed by atoms with Crippen LogP contribution in [0.5, 0.6) is 0 Å². The third-order valence-electron chi connectivity index (χ3n) is 4.31. The van der Waals surface area contributed by atoms with Gasteiger partial charge in [0.2, 0.25) is 0 Å². The minimum Gasteiger partial charge on any atom is -0.339 e. The van der Waals surface area contributed by atoms with Gasteiger partial charge in [0.05, 0.1) is 0 Å². The van der Waals surface area contributed by atoms with Crippen molar-refractivity contribution in [2.45, 2.75) is 23.9 Å². The highest BCUT2D eigenvalue weighted by Crippen LogP contribution is 2.29. The number of hydrogen-bond donors (Lipinski definition) is 0. The number of halogens is 2. The fourth-order valence-electron chi connectivity index (χ4n) is 3.06. The molecule has 0 atom stereocenters. The summed E-state index contributed by atoms with van der Waals surface area (Å²) in [5.41, 5.74) is 0.0503. The number of hydrogen-bond acceptors (Lipinski definition) is 4. The SMILES string of the molecule is CSc1nnc(C2CCN(C(=O)c3cc(F)cc(F)c3)CC2)n1C. The van der Waals surface area contributed by atoms with Crippen molar-refractivity contribution < 1.29 is 13.6 Å². The van der Waals surface area contributed by atoms with Gasteiger partial charge in [0.25, 0.3) is 5.91 Å². The number of carbonyl (C=O) groups is 1. The molecule has 1 aromatic carbocycles. The molecule has 0 aliphatic carbocycles. The van der Waals surface area contributed by atoms with E-state index < -0.39 is 11.6 Å². The maximum atomic E-state index is 13.3. The van der Waals surface area contributed by atoms with Crippen molar-refractivity contribution in [3.8, 4) is 0 Å². The number of amides is 1. The fraction of sp³-hybridized carbons (Fsp3) is 0.438. The Morgan fingerprint density at radius 1 is 1.17 bits per heavy atom. The second-order valence-corrected chi connectivity index (χ2v) is 6.60. The molecule has 1 saturated heterocycles. The summed E-state index contributed by atoms with van der Waals surface area (Å²) in [6.07, 6.45) is 3.46. The van der Waals surface area contributed by atoms with Crippen LogP contribution in [0.25, 0.3) is 0 Å². The topological polar surface area (TPSA) is 51.0 Å². The van der Waals surface area contributed by atoms with E-state index in [2.05, 4.69) is 10.2 Å². The van der Waals surface area contributed by atoms with E-state index in [0.717, 1.165) is 42.0 Å². The minimum absolute atomic E-state index is 0.0503. The molecule has 3 rings (SSSR count). The molecule has 1 amide bonds. The summed E-state index contributed by atoms with van der Waals surface area (Å²) < 4.78 is 28.6. The van der Waals surface area contributed by atoms with Gasteiger partial charge in [-0.25, -0.2) is 8.78 Å². The molecule has 0 radical (unpaired) electrons. The molecule has 1 aromatic heterocycles. The molecule has 0 unspecified atom stereocenters. The predicted molar refractivity (Wildman–Crippen MR) is 87.0 cm³/mol. The quantitative estimate of drug-likeness (QED) is 0.797. The Labute approximate surface area is 143 Å². The first kappa shape index (κ1) is 16.9. The maximum Gasteiger partial charge on any atom is 0.254 e. The summed E-state index contributed by atoms with van der Waals surface area (Å²) in [6.45, 7) is 1.06. The molecule has 5 nitrogen and oxygen atoms in total. The number of benzene rings is 1. The first-order valence-corrected chi connectivity index (χ1v) is 8.90. The average molecular weight is 352 g/mol. The number of piperidine rings is 1. The Kier molecular flexibility index (Phi) is 4.84. The Hall–Kier alpha value is -1.96.